The average molecular weight is 459 g/mol. The minimum atomic E-state index is 0.186. The SMILES string of the molecule is CCC(CC)(CBr)COc1cc(Br)c(OC)cc1Br. The quantitative estimate of drug-likeness (QED) is 0.481. The van der Waals surface area contributed by atoms with E-state index in [1.165, 1.54) is 0 Å². The van der Waals surface area contributed by atoms with E-state index in [0.717, 1.165) is 38.6 Å². The van der Waals surface area contributed by atoms with Crippen LogP contribution in [0, 0.1) is 5.41 Å². The second kappa shape index (κ2) is 7.89. The second-order valence-corrected chi connectivity index (χ2v) is 6.82. The molecule has 5 heteroatoms. The Labute approximate surface area is 140 Å². The van der Waals surface area contributed by atoms with Crippen molar-refractivity contribution in [3.8, 4) is 11.5 Å². The summed E-state index contributed by atoms with van der Waals surface area (Å²) < 4.78 is 13.0. The smallest absolute Gasteiger partial charge is 0.134 e. The van der Waals surface area contributed by atoms with Gasteiger partial charge >= 0.3 is 0 Å². The van der Waals surface area contributed by atoms with Crippen molar-refractivity contribution < 1.29 is 9.47 Å². The maximum atomic E-state index is 5.99. The Morgan fingerprint density at radius 3 is 2.05 bits per heavy atom. The summed E-state index contributed by atoms with van der Waals surface area (Å²) >= 11 is 10.6. The third-order valence-corrected chi connectivity index (χ3v) is 5.95. The predicted molar refractivity (Wildman–Crippen MR) is 90.7 cm³/mol. The molecular weight excluding hydrogens is 440 g/mol. The molecule has 0 amide bonds. The molecule has 2 nitrogen and oxygen atoms in total. The van der Waals surface area contributed by atoms with Gasteiger partial charge in [0.15, 0.2) is 0 Å². The number of alkyl halides is 1. The summed E-state index contributed by atoms with van der Waals surface area (Å²) in [6.45, 7) is 5.10. The molecule has 108 valence electrons. The first-order valence-corrected chi connectivity index (χ1v) is 8.94. The fraction of sp³-hybridized carbons (Fsp3) is 0.571. The first-order chi connectivity index (χ1) is 9.01. The third kappa shape index (κ3) is 4.36. The highest BCUT2D eigenvalue weighted by atomic mass is 79.9. The molecular formula is C14H19Br3O2. The molecule has 0 aromatic heterocycles. The normalized spacial score (nSPS) is 11.5. The van der Waals surface area contributed by atoms with Crippen molar-refractivity contribution in [1.82, 2.24) is 0 Å². The number of benzene rings is 1. The summed E-state index contributed by atoms with van der Waals surface area (Å²) in [7, 11) is 1.65. The van der Waals surface area contributed by atoms with Crippen LogP contribution in [0.25, 0.3) is 0 Å². The van der Waals surface area contributed by atoms with Gasteiger partial charge in [-0.05, 0) is 56.8 Å². The van der Waals surface area contributed by atoms with Crippen molar-refractivity contribution in [2.45, 2.75) is 26.7 Å². The van der Waals surface area contributed by atoms with Crippen LogP contribution in [0.3, 0.4) is 0 Å². The highest BCUT2D eigenvalue weighted by Crippen LogP contribution is 2.37. The van der Waals surface area contributed by atoms with Gasteiger partial charge in [0.2, 0.25) is 0 Å². The van der Waals surface area contributed by atoms with E-state index in [9.17, 15) is 0 Å². The lowest BCUT2D eigenvalue weighted by Gasteiger charge is -2.29. The van der Waals surface area contributed by atoms with Crippen LogP contribution in [0.2, 0.25) is 0 Å². The zero-order valence-corrected chi connectivity index (χ0v) is 16.2. The van der Waals surface area contributed by atoms with E-state index >= 15 is 0 Å². The van der Waals surface area contributed by atoms with Crippen molar-refractivity contribution in [3.05, 3.63) is 21.1 Å². The van der Waals surface area contributed by atoms with E-state index in [1.807, 2.05) is 12.1 Å². The first-order valence-electron chi connectivity index (χ1n) is 6.23. The van der Waals surface area contributed by atoms with Crippen LogP contribution in [-0.4, -0.2) is 19.0 Å². The molecule has 1 aromatic rings. The lowest BCUT2D eigenvalue weighted by atomic mass is 9.86. The van der Waals surface area contributed by atoms with Crippen LogP contribution in [-0.2, 0) is 0 Å². The molecule has 0 spiro atoms. The van der Waals surface area contributed by atoms with Gasteiger partial charge in [-0.2, -0.15) is 0 Å². The molecule has 1 rings (SSSR count). The monoisotopic (exact) mass is 456 g/mol. The molecule has 0 aliphatic rings. The zero-order chi connectivity index (χ0) is 14.5. The number of halogens is 3. The van der Waals surface area contributed by atoms with Crippen molar-refractivity contribution in [1.29, 1.82) is 0 Å². The minimum absolute atomic E-state index is 0.186. The van der Waals surface area contributed by atoms with E-state index in [4.69, 9.17) is 9.47 Å². The Morgan fingerprint density at radius 2 is 1.58 bits per heavy atom. The molecule has 0 saturated carbocycles. The Morgan fingerprint density at radius 1 is 1.05 bits per heavy atom. The molecule has 0 atom stereocenters. The number of rotatable bonds is 7. The molecule has 0 heterocycles. The van der Waals surface area contributed by atoms with Gasteiger partial charge in [-0.15, -0.1) is 0 Å². The first kappa shape index (κ1) is 17.3. The molecule has 0 aliphatic heterocycles. The molecule has 0 unspecified atom stereocenters. The van der Waals surface area contributed by atoms with Gasteiger partial charge in [0.05, 0.1) is 22.7 Å². The zero-order valence-electron chi connectivity index (χ0n) is 11.4. The van der Waals surface area contributed by atoms with Crippen LogP contribution in [0.1, 0.15) is 26.7 Å². The van der Waals surface area contributed by atoms with Crippen molar-refractivity contribution in [3.63, 3.8) is 0 Å². The van der Waals surface area contributed by atoms with Crippen LogP contribution in [0.5, 0.6) is 11.5 Å². The van der Waals surface area contributed by atoms with Crippen LogP contribution in [0.15, 0.2) is 21.1 Å². The fourth-order valence-electron chi connectivity index (χ4n) is 1.69. The Hall–Kier alpha value is 0.260. The summed E-state index contributed by atoms with van der Waals surface area (Å²) in [5, 5.41) is 0.946. The Bertz CT molecular complexity index is 409. The minimum Gasteiger partial charge on any atom is -0.496 e. The molecule has 0 aliphatic carbocycles. The van der Waals surface area contributed by atoms with Gasteiger partial charge in [0.1, 0.15) is 11.5 Å². The summed E-state index contributed by atoms with van der Waals surface area (Å²) in [6.07, 6.45) is 2.17. The second-order valence-electron chi connectivity index (χ2n) is 4.55. The number of ether oxygens (including phenoxy) is 2. The standard InChI is InChI=1S/C14H19Br3O2/c1-4-14(5-2,8-15)9-19-13-7-10(16)12(18-3)6-11(13)17/h6-7H,4-5,8-9H2,1-3H3. The van der Waals surface area contributed by atoms with E-state index < -0.39 is 0 Å². The molecule has 0 bridgehead atoms. The maximum absolute atomic E-state index is 5.99. The van der Waals surface area contributed by atoms with Crippen molar-refractivity contribution in [2.75, 3.05) is 19.0 Å². The van der Waals surface area contributed by atoms with Gasteiger partial charge in [0, 0.05) is 10.7 Å². The summed E-state index contributed by atoms with van der Waals surface area (Å²) in [4.78, 5) is 0. The number of hydrogen-bond donors (Lipinski definition) is 0. The summed E-state index contributed by atoms with van der Waals surface area (Å²) in [6, 6.07) is 3.85. The van der Waals surface area contributed by atoms with E-state index in [-0.39, 0.29) is 5.41 Å². The number of hydrogen-bond acceptors (Lipinski definition) is 2. The van der Waals surface area contributed by atoms with Gasteiger partial charge in [-0.3, -0.25) is 0 Å². The number of methoxy groups -OCH3 is 1. The molecule has 0 N–H and O–H groups in total. The lowest BCUT2D eigenvalue weighted by Crippen LogP contribution is -2.29. The molecule has 0 saturated heterocycles. The van der Waals surface area contributed by atoms with Crippen molar-refractivity contribution in [2.24, 2.45) is 5.41 Å². The topological polar surface area (TPSA) is 18.5 Å². The Kier molecular flexibility index (Phi) is 7.19. The molecule has 0 radical (unpaired) electrons. The summed E-state index contributed by atoms with van der Waals surface area (Å²) in [5.74, 6) is 1.62. The molecule has 19 heavy (non-hydrogen) atoms. The highest BCUT2D eigenvalue weighted by molar-refractivity contribution is 9.11. The van der Waals surface area contributed by atoms with Crippen molar-refractivity contribution >= 4 is 47.8 Å². The van der Waals surface area contributed by atoms with Gasteiger partial charge in [-0.25, -0.2) is 0 Å². The average Bonchev–Trinajstić information content (AvgIpc) is 2.44. The predicted octanol–water partition coefficient (Wildman–Crippen LogP) is 5.80. The Balaban J connectivity index is 2.86. The summed E-state index contributed by atoms with van der Waals surface area (Å²) in [5.41, 5.74) is 0.186. The highest BCUT2D eigenvalue weighted by Gasteiger charge is 2.26. The van der Waals surface area contributed by atoms with E-state index in [2.05, 4.69) is 61.6 Å². The molecule has 1 aromatic carbocycles. The lowest BCUT2D eigenvalue weighted by molar-refractivity contribution is 0.157. The van der Waals surface area contributed by atoms with E-state index in [1.54, 1.807) is 7.11 Å². The largest absolute Gasteiger partial charge is 0.496 e. The van der Waals surface area contributed by atoms with Crippen LogP contribution >= 0.6 is 47.8 Å². The van der Waals surface area contributed by atoms with Gasteiger partial charge < -0.3 is 9.47 Å². The van der Waals surface area contributed by atoms with Gasteiger partial charge in [-0.1, -0.05) is 29.8 Å². The van der Waals surface area contributed by atoms with E-state index in [0.29, 0.717) is 6.61 Å². The van der Waals surface area contributed by atoms with Crippen LogP contribution in [0.4, 0.5) is 0 Å². The van der Waals surface area contributed by atoms with Crippen LogP contribution < -0.4 is 9.47 Å². The van der Waals surface area contributed by atoms with Gasteiger partial charge in [0.25, 0.3) is 0 Å². The fourth-order valence-corrected chi connectivity index (χ4v) is 3.57. The molecule has 0 fully saturated rings. The maximum Gasteiger partial charge on any atom is 0.134 e. The third-order valence-electron chi connectivity index (χ3n) is 3.52.